The lowest BCUT2D eigenvalue weighted by Crippen LogP contribution is -2.16. The fourth-order valence-corrected chi connectivity index (χ4v) is 3.83. The number of nitrogens with zero attached hydrogens (tertiary/aromatic N) is 2. The van der Waals surface area contributed by atoms with E-state index in [0.717, 1.165) is 11.4 Å². The van der Waals surface area contributed by atoms with Gasteiger partial charge in [0.1, 0.15) is 5.01 Å². The molecule has 0 radical (unpaired) electrons. The van der Waals surface area contributed by atoms with Gasteiger partial charge in [-0.25, -0.2) is 8.42 Å². The zero-order chi connectivity index (χ0) is 13.6. The highest BCUT2D eigenvalue weighted by Gasteiger charge is 2.13. The molecule has 1 aromatic heterocycles. The molecule has 0 atom stereocenters. The monoisotopic (exact) mass is 311 g/mol. The van der Waals surface area contributed by atoms with Gasteiger partial charge in [0.25, 0.3) is 0 Å². The van der Waals surface area contributed by atoms with Crippen LogP contribution in [0.25, 0.3) is 0 Å². The number of anilines is 1. The Morgan fingerprint density at radius 3 is 2.67 bits per heavy atom. The maximum absolute atomic E-state index is 11.7. The lowest BCUT2D eigenvalue weighted by Gasteiger charge is -2.03. The van der Waals surface area contributed by atoms with Gasteiger partial charge in [0.05, 0.1) is 5.75 Å². The van der Waals surface area contributed by atoms with Gasteiger partial charge < -0.3 is 0 Å². The highest BCUT2D eigenvalue weighted by atomic mass is 35.5. The van der Waals surface area contributed by atoms with Crippen LogP contribution in [-0.2, 0) is 16.4 Å². The van der Waals surface area contributed by atoms with Crippen molar-refractivity contribution in [1.29, 1.82) is 0 Å². The molecule has 0 fully saturated rings. The minimum atomic E-state index is -3.32. The number of alkyl halides is 1. The van der Waals surface area contributed by atoms with Gasteiger partial charge in [-0.2, -0.15) is 0 Å². The summed E-state index contributed by atoms with van der Waals surface area (Å²) in [5.74, 6) is 1.03. The smallest absolute Gasteiger partial charge is 0.234 e. The van der Waals surface area contributed by atoms with Crippen LogP contribution in [0.3, 0.4) is 0 Å². The number of hydrogen-bond donors (Lipinski definition) is 1. The fourth-order valence-electron chi connectivity index (χ4n) is 1.30. The van der Waals surface area contributed by atoms with Crippen molar-refractivity contribution < 1.29 is 8.42 Å². The van der Waals surface area contributed by atoms with E-state index in [-0.39, 0.29) is 5.75 Å². The summed E-state index contributed by atoms with van der Waals surface area (Å²) in [6.45, 7) is 4.16. The van der Waals surface area contributed by atoms with Gasteiger partial charge in [0, 0.05) is 12.3 Å². The first-order valence-corrected chi connectivity index (χ1v) is 8.82. The van der Waals surface area contributed by atoms with E-state index in [9.17, 15) is 8.42 Å². The predicted octanol–water partition coefficient (Wildman–Crippen LogP) is 2.50. The van der Waals surface area contributed by atoms with E-state index >= 15 is 0 Å². The number of hydrogen-bond acceptors (Lipinski definition) is 5. The molecule has 0 saturated carbocycles. The van der Waals surface area contributed by atoms with Gasteiger partial charge in [-0.1, -0.05) is 25.2 Å². The summed E-state index contributed by atoms with van der Waals surface area (Å²) in [5.41, 5.74) is 0. The van der Waals surface area contributed by atoms with Crippen LogP contribution in [0.2, 0.25) is 0 Å². The number of rotatable bonds is 8. The molecule has 1 rings (SSSR count). The van der Waals surface area contributed by atoms with E-state index in [4.69, 9.17) is 11.6 Å². The second-order valence-electron chi connectivity index (χ2n) is 4.42. The molecular weight excluding hydrogens is 294 g/mol. The van der Waals surface area contributed by atoms with Crippen molar-refractivity contribution in [3.8, 4) is 0 Å². The zero-order valence-corrected chi connectivity index (χ0v) is 12.9. The third-order valence-electron chi connectivity index (χ3n) is 2.09. The first-order chi connectivity index (χ1) is 8.43. The Balaban J connectivity index is 2.53. The molecule has 0 aliphatic heterocycles. The zero-order valence-electron chi connectivity index (χ0n) is 10.5. The van der Waals surface area contributed by atoms with Crippen LogP contribution >= 0.6 is 22.9 Å². The third kappa shape index (κ3) is 5.97. The van der Waals surface area contributed by atoms with Crippen LogP contribution in [0.1, 0.15) is 31.7 Å². The van der Waals surface area contributed by atoms with E-state index in [0.29, 0.717) is 29.8 Å². The molecule has 0 aliphatic carbocycles. The van der Waals surface area contributed by atoms with Gasteiger partial charge in [-0.05, 0) is 18.8 Å². The topological polar surface area (TPSA) is 72.0 Å². The van der Waals surface area contributed by atoms with Crippen LogP contribution in [0, 0.1) is 5.92 Å². The van der Waals surface area contributed by atoms with Crippen LogP contribution in [0.15, 0.2) is 0 Å². The Bertz CT molecular complexity index is 459. The van der Waals surface area contributed by atoms with Crippen molar-refractivity contribution in [3.63, 3.8) is 0 Å². The summed E-state index contributed by atoms with van der Waals surface area (Å²) in [6.07, 6.45) is 2.05. The second kappa shape index (κ2) is 7.25. The summed E-state index contributed by atoms with van der Waals surface area (Å²) in [7, 11) is -3.32. The molecule has 1 N–H and O–H groups in total. The van der Waals surface area contributed by atoms with Crippen LogP contribution in [0.4, 0.5) is 5.13 Å². The van der Waals surface area contributed by atoms with Gasteiger partial charge in [0.15, 0.2) is 0 Å². The molecule has 18 heavy (non-hydrogen) atoms. The summed E-state index contributed by atoms with van der Waals surface area (Å²) >= 11 is 6.80. The van der Waals surface area contributed by atoms with Gasteiger partial charge >= 0.3 is 0 Å². The Labute approximate surface area is 117 Å². The molecule has 104 valence electrons. The molecule has 0 bridgehead atoms. The molecule has 8 heteroatoms. The molecule has 0 aromatic carbocycles. The molecule has 0 aliphatic rings. The van der Waals surface area contributed by atoms with Gasteiger partial charge in [0.2, 0.25) is 15.2 Å². The van der Waals surface area contributed by atoms with Crippen LogP contribution in [-0.4, -0.2) is 30.2 Å². The Morgan fingerprint density at radius 1 is 1.33 bits per heavy atom. The van der Waals surface area contributed by atoms with E-state index in [2.05, 4.69) is 28.8 Å². The van der Waals surface area contributed by atoms with Crippen molar-refractivity contribution in [3.05, 3.63) is 5.01 Å². The largest absolute Gasteiger partial charge is 0.257 e. The Hall–Kier alpha value is -0.400. The summed E-state index contributed by atoms with van der Waals surface area (Å²) in [4.78, 5) is 0. The highest BCUT2D eigenvalue weighted by Crippen LogP contribution is 2.19. The van der Waals surface area contributed by atoms with E-state index < -0.39 is 10.0 Å². The maximum Gasteiger partial charge on any atom is 0.234 e. The predicted molar refractivity (Wildman–Crippen MR) is 75.8 cm³/mol. The Morgan fingerprint density at radius 2 is 2.06 bits per heavy atom. The maximum atomic E-state index is 11.7. The van der Waals surface area contributed by atoms with E-state index in [1.54, 1.807) is 0 Å². The number of halogens is 1. The van der Waals surface area contributed by atoms with Gasteiger partial charge in [-0.15, -0.1) is 21.8 Å². The number of nitrogens with one attached hydrogen (secondary N) is 1. The third-order valence-corrected chi connectivity index (χ3v) is 4.68. The second-order valence-corrected chi connectivity index (χ2v) is 7.70. The molecular formula is C10H18ClN3O2S2. The van der Waals surface area contributed by atoms with Crippen LogP contribution in [0.5, 0.6) is 0 Å². The van der Waals surface area contributed by atoms with Crippen molar-refractivity contribution in [1.82, 2.24) is 10.2 Å². The minimum absolute atomic E-state index is 0.0683. The van der Waals surface area contributed by atoms with Crippen molar-refractivity contribution in [2.24, 2.45) is 5.92 Å². The number of sulfonamides is 1. The SMILES string of the molecule is CC(C)Cc1nnc(NS(=O)(=O)CCCCCl)s1. The van der Waals surface area contributed by atoms with Crippen LogP contribution < -0.4 is 4.72 Å². The first-order valence-electron chi connectivity index (χ1n) is 5.82. The Kier molecular flexibility index (Phi) is 6.31. The average molecular weight is 312 g/mol. The normalized spacial score (nSPS) is 12.0. The van der Waals surface area contributed by atoms with E-state index in [1.165, 1.54) is 11.3 Å². The molecule has 1 aromatic rings. The van der Waals surface area contributed by atoms with Crippen molar-refractivity contribution in [2.45, 2.75) is 33.1 Å². The van der Waals surface area contributed by atoms with Crippen molar-refractivity contribution in [2.75, 3.05) is 16.4 Å². The number of aromatic nitrogens is 2. The fraction of sp³-hybridized carbons (Fsp3) is 0.800. The lowest BCUT2D eigenvalue weighted by atomic mass is 10.1. The molecule has 0 spiro atoms. The number of unbranched alkanes of at least 4 members (excludes halogenated alkanes) is 1. The lowest BCUT2D eigenvalue weighted by molar-refractivity contribution is 0.598. The van der Waals surface area contributed by atoms with Gasteiger partial charge in [-0.3, -0.25) is 4.72 Å². The summed E-state index contributed by atoms with van der Waals surface area (Å²) in [6, 6.07) is 0. The average Bonchev–Trinajstić information content (AvgIpc) is 2.63. The molecule has 0 amide bonds. The molecule has 5 nitrogen and oxygen atoms in total. The highest BCUT2D eigenvalue weighted by molar-refractivity contribution is 7.92. The first kappa shape index (κ1) is 15.7. The summed E-state index contributed by atoms with van der Waals surface area (Å²) in [5, 5.41) is 8.99. The molecule has 0 unspecified atom stereocenters. The molecule has 1 heterocycles. The standard InChI is InChI=1S/C10H18ClN3O2S2/c1-8(2)7-9-12-13-10(17-9)14-18(15,16)6-4-3-5-11/h8H,3-7H2,1-2H3,(H,13,14). The van der Waals surface area contributed by atoms with Crippen molar-refractivity contribution >= 4 is 38.1 Å². The minimum Gasteiger partial charge on any atom is -0.257 e. The van der Waals surface area contributed by atoms with E-state index in [1.807, 2.05) is 0 Å². The molecule has 0 saturated heterocycles. The quantitative estimate of drug-likeness (QED) is 0.591. The summed E-state index contributed by atoms with van der Waals surface area (Å²) < 4.78 is 25.8.